The minimum atomic E-state index is -0.785. The Labute approximate surface area is 140 Å². The highest BCUT2D eigenvalue weighted by Crippen LogP contribution is 2.19. The summed E-state index contributed by atoms with van der Waals surface area (Å²) < 4.78 is 4.98. The summed E-state index contributed by atoms with van der Waals surface area (Å²) in [6.45, 7) is 2.74. The fourth-order valence-electron chi connectivity index (χ4n) is 2.59. The minimum absolute atomic E-state index is 0.226. The second kappa shape index (κ2) is 8.11. The van der Waals surface area contributed by atoms with E-state index in [4.69, 9.17) is 10.00 Å². The van der Waals surface area contributed by atoms with E-state index in [1.54, 1.807) is 31.2 Å². The lowest BCUT2D eigenvalue weighted by molar-refractivity contribution is -0.152. The highest BCUT2D eigenvalue weighted by molar-refractivity contribution is 6.39. The lowest BCUT2D eigenvalue weighted by Crippen LogP contribution is -2.45. The molecule has 2 rings (SSSR count). The van der Waals surface area contributed by atoms with Crippen LogP contribution in [0.5, 0.6) is 0 Å². The molecule has 1 aliphatic heterocycles. The number of esters is 1. The number of piperidine rings is 1. The summed E-state index contributed by atoms with van der Waals surface area (Å²) >= 11 is 0. The van der Waals surface area contributed by atoms with E-state index in [1.165, 1.54) is 4.90 Å². The third kappa shape index (κ3) is 4.10. The number of anilines is 1. The number of likely N-dealkylation sites (tertiary alicyclic amines) is 1. The average molecular weight is 329 g/mol. The fourth-order valence-corrected chi connectivity index (χ4v) is 2.59. The second-order valence-electron chi connectivity index (χ2n) is 5.43. The number of carbonyl (C=O) groups excluding carboxylic acids is 3. The molecular formula is C17H19N3O4. The number of hydrogen-bond donors (Lipinski definition) is 1. The first-order valence-corrected chi connectivity index (χ1v) is 7.82. The van der Waals surface area contributed by atoms with Crippen LogP contribution in [0.15, 0.2) is 24.3 Å². The van der Waals surface area contributed by atoms with Gasteiger partial charge in [0.15, 0.2) is 0 Å². The van der Waals surface area contributed by atoms with E-state index in [9.17, 15) is 14.4 Å². The average Bonchev–Trinajstić information content (AvgIpc) is 2.61. The third-order valence-electron chi connectivity index (χ3n) is 3.89. The van der Waals surface area contributed by atoms with Crippen LogP contribution < -0.4 is 5.32 Å². The van der Waals surface area contributed by atoms with Gasteiger partial charge in [0.05, 0.1) is 23.8 Å². The lowest BCUT2D eigenvalue weighted by Gasteiger charge is -2.30. The summed E-state index contributed by atoms with van der Waals surface area (Å²) in [6.07, 6.45) is 0.958. The van der Waals surface area contributed by atoms with E-state index in [-0.39, 0.29) is 11.9 Å². The zero-order valence-electron chi connectivity index (χ0n) is 13.4. The first-order valence-electron chi connectivity index (χ1n) is 7.82. The molecule has 7 nitrogen and oxygen atoms in total. The Balaban J connectivity index is 1.92. The van der Waals surface area contributed by atoms with Gasteiger partial charge in [0, 0.05) is 13.1 Å². The Kier molecular flexibility index (Phi) is 5.90. The molecule has 1 aliphatic rings. The zero-order chi connectivity index (χ0) is 17.5. The molecule has 2 amide bonds. The maximum Gasteiger partial charge on any atom is 0.313 e. The molecule has 0 atom stereocenters. The molecule has 0 unspecified atom stereocenters. The number of nitrogens with zero attached hydrogens (tertiary/aromatic N) is 2. The SMILES string of the molecule is CCOC(=O)C1CCN(C(=O)C(=O)Nc2ccccc2C#N)CC1. The van der Waals surface area contributed by atoms with Crippen molar-refractivity contribution in [2.45, 2.75) is 19.8 Å². The molecule has 0 spiro atoms. The summed E-state index contributed by atoms with van der Waals surface area (Å²) in [5, 5.41) is 11.5. The van der Waals surface area contributed by atoms with Crippen molar-refractivity contribution >= 4 is 23.5 Å². The van der Waals surface area contributed by atoms with Gasteiger partial charge in [-0.25, -0.2) is 0 Å². The summed E-state index contributed by atoms with van der Waals surface area (Å²) in [5.74, 6) is -1.93. The Hall–Kier alpha value is -2.88. The van der Waals surface area contributed by atoms with E-state index in [0.29, 0.717) is 43.8 Å². The number of nitrogens with one attached hydrogen (secondary N) is 1. The first-order chi connectivity index (χ1) is 11.6. The van der Waals surface area contributed by atoms with Gasteiger partial charge < -0.3 is 15.0 Å². The van der Waals surface area contributed by atoms with Crippen LogP contribution in [0.4, 0.5) is 5.69 Å². The van der Waals surface area contributed by atoms with Crippen LogP contribution in [-0.4, -0.2) is 42.4 Å². The molecule has 0 saturated carbocycles. The van der Waals surface area contributed by atoms with E-state index < -0.39 is 11.8 Å². The van der Waals surface area contributed by atoms with Crippen LogP contribution >= 0.6 is 0 Å². The zero-order valence-corrected chi connectivity index (χ0v) is 13.4. The number of hydrogen-bond acceptors (Lipinski definition) is 5. The molecule has 24 heavy (non-hydrogen) atoms. The largest absolute Gasteiger partial charge is 0.466 e. The van der Waals surface area contributed by atoms with Crippen LogP contribution in [0.25, 0.3) is 0 Å². The highest BCUT2D eigenvalue weighted by Gasteiger charge is 2.30. The predicted molar refractivity (Wildman–Crippen MR) is 85.7 cm³/mol. The number of nitriles is 1. The van der Waals surface area contributed by atoms with E-state index >= 15 is 0 Å². The molecule has 126 valence electrons. The summed E-state index contributed by atoms with van der Waals surface area (Å²) in [5.41, 5.74) is 0.597. The van der Waals surface area contributed by atoms with Gasteiger partial charge in [-0.3, -0.25) is 14.4 Å². The Bertz CT molecular complexity index is 673. The van der Waals surface area contributed by atoms with Crippen LogP contribution in [0.3, 0.4) is 0 Å². The fraction of sp³-hybridized carbons (Fsp3) is 0.412. The van der Waals surface area contributed by atoms with Crippen LogP contribution in [0.2, 0.25) is 0 Å². The summed E-state index contributed by atoms with van der Waals surface area (Å²) in [7, 11) is 0. The van der Waals surface area contributed by atoms with E-state index in [2.05, 4.69) is 5.32 Å². The Morgan fingerprint density at radius 3 is 2.58 bits per heavy atom. The number of benzene rings is 1. The van der Waals surface area contributed by atoms with Crippen LogP contribution in [0, 0.1) is 17.2 Å². The number of ether oxygens (including phenoxy) is 1. The summed E-state index contributed by atoms with van der Waals surface area (Å²) in [6, 6.07) is 8.43. The van der Waals surface area contributed by atoms with Crippen molar-refractivity contribution in [3.63, 3.8) is 0 Å². The molecule has 1 heterocycles. The van der Waals surface area contributed by atoms with Crippen molar-refractivity contribution in [1.82, 2.24) is 4.90 Å². The van der Waals surface area contributed by atoms with Crippen molar-refractivity contribution in [2.75, 3.05) is 25.0 Å². The maximum atomic E-state index is 12.2. The van der Waals surface area contributed by atoms with Crippen LogP contribution in [0.1, 0.15) is 25.3 Å². The van der Waals surface area contributed by atoms with Gasteiger partial charge in [-0.15, -0.1) is 0 Å². The number of para-hydroxylation sites is 1. The van der Waals surface area contributed by atoms with E-state index in [0.717, 1.165) is 0 Å². The monoisotopic (exact) mass is 329 g/mol. The molecule has 1 aromatic carbocycles. The Morgan fingerprint density at radius 1 is 1.29 bits per heavy atom. The van der Waals surface area contributed by atoms with Crippen molar-refractivity contribution in [1.29, 1.82) is 5.26 Å². The van der Waals surface area contributed by atoms with Gasteiger partial charge in [0.1, 0.15) is 6.07 Å². The van der Waals surface area contributed by atoms with Gasteiger partial charge in [-0.2, -0.15) is 5.26 Å². The summed E-state index contributed by atoms with van der Waals surface area (Å²) in [4.78, 5) is 37.4. The molecule has 0 aliphatic carbocycles. The third-order valence-corrected chi connectivity index (χ3v) is 3.89. The van der Waals surface area contributed by atoms with Crippen molar-refractivity contribution in [3.8, 4) is 6.07 Å². The topological polar surface area (TPSA) is 99.5 Å². The molecule has 7 heteroatoms. The molecule has 1 aromatic rings. The van der Waals surface area contributed by atoms with Crippen LogP contribution in [-0.2, 0) is 19.1 Å². The van der Waals surface area contributed by atoms with Gasteiger partial charge >= 0.3 is 17.8 Å². The molecule has 0 radical (unpaired) electrons. The van der Waals surface area contributed by atoms with Crippen molar-refractivity contribution in [3.05, 3.63) is 29.8 Å². The van der Waals surface area contributed by atoms with Gasteiger partial charge in [-0.1, -0.05) is 12.1 Å². The number of carbonyl (C=O) groups is 3. The minimum Gasteiger partial charge on any atom is -0.466 e. The Morgan fingerprint density at radius 2 is 1.96 bits per heavy atom. The molecule has 0 bridgehead atoms. The normalized spacial score (nSPS) is 14.6. The maximum absolute atomic E-state index is 12.2. The molecule has 1 fully saturated rings. The van der Waals surface area contributed by atoms with Gasteiger partial charge in [-0.05, 0) is 31.9 Å². The first kappa shape index (κ1) is 17.5. The van der Waals surface area contributed by atoms with Gasteiger partial charge in [0.2, 0.25) is 0 Å². The highest BCUT2D eigenvalue weighted by atomic mass is 16.5. The standard InChI is InChI=1S/C17H19N3O4/c1-2-24-17(23)12-7-9-20(10-8-12)16(22)15(21)19-14-6-4-3-5-13(14)11-18/h3-6,12H,2,7-10H2,1H3,(H,19,21). The molecule has 1 saturated heterocycles. The molecule has 0 aromatic heterocycles. The molecular weight excluding hydrogens is 310 g/mol. The van der Waals surface area contributed by atoms with Crippen molar-refractivity contribution < 1.29 is 19.1 Å². The van der Waals surface area contributed by atoms with E-state index in [1.807, 2.05) is 6.07 Å². The number of rotatable bonds is 3. The molecule has 1 N–H and O–H groups in total. The quantitative estimate of drug-likeness (QED) is 0.665. The second-order valence-corrected chi connectivity index (χ2v) is 5.43. The number of amides is 2. The van der Waals surface area contributed by atoms with Gasteiger partial charge in [0.25, 0.3) is 0 Å². The smallest absolute Gasteiger partial charge is 0.313 e. The van der Waals surface area contributed by atoms with Crippen molar-refractivity contribution in [2.24, 2.45) is 5.92 Å². The predicted octanol–water partition coefficient (Wildman–Crippen LogP) is 1.30. The lowest BCUT2D eigenvalue weighted by atomic mass is 9.97.